The molecule has 8 nitrogen and oxygen atoms in total. The number of nitrogens with one attached hydrogen (secondary N) is 1. The maximum absolute atomic E-state index is 12.7. The number of carbonyl (C=O) groups excluding carboxylic acids is 1. The number of anilines is 1. The first-order valence-corrected chi connectivity index (χ1v) is 11.7. The summed E-state index contributed by atoms with van der Waals surface area (Å²) in [5.41, 5.74) is 4.48. The van der Waals surface area contributed by atoms with Crippen LogP contribution in [0.25, 0.3) is 22.6 Å². The summed E-state index contributed by atoms with van der Waals surface area (Å²) in [5, 5.41) is 3.60. The molecule has 0 unspecified atom stereocenters. The molecule has 4 aromatic rings. The lowest BCUT2D eigenvalue weighted by atomic mass is 10.2. The number of hydrogen-bond donors (Lipinski definition) is 1. The molecule has 1 aliphatic heterocycles. The summed E-state index contributed by atoms with van der Waals surface area (Å²) in [6, 6.07) is 13.3. The second kappa shape index (κ2) is 9.79. The van der Waals surface area contributed by atoms with Crippen molar-refractivity contribution in [3.8, 4) is 11.4 Å². The average Bonchev–Trinajstić information content (AvgIpc) is 3.24. The number of hydrogen-bond acceptors (Lipinski definition) is 5. The summed E-state index contributed by atoms with van der Waals surface area (Å²) in [6.07, 6.45) is 5.36. The maximum Gasteiger partial charge on any atom is 0.321 e. The minimum atomic E-state index is -0.0932. The SMILES string of the molecule is Cc1ccc(NC(=O)N2CCN(CCn3c(-c4ccncc4)nc4cccnc43)CC2)cc1Cl. The predicted molar refractivity (Wildman–Crippen MR) is 134 cm³/mol. The van der Waals surface area contributed by atoms with Gasteiger partial charge in [-0.2, -0.15) is 0 Å². The zero-order valence-corrected chi connectivity index (χ0v) is 19.7. The number of fused-ring (bicyclic) bond motifs is 1. The predicted octanol–water partition coefficient (Wildman–Crippen LogP) is 4.30. The fraction of sp³-hybridized carbons (Fsp3) is 0.280. The number of halogens is 1. The summed E-state index contributed by atoms with van der Waals surface area (Å²) in [7, 11) is 0. The molecule has 0 aliphatic carbocycles. The smallest absolute Gasteiger partial charge is 0.321 e. The van der Waals surface area contributed by atoms with Gasteiger partial charge in [0.25, 0.3) is 0 Å². The first-order valence-electron chi connectivity index (χ1n) is 11.3. The largest absolute Gasteiger partial charge is 0.322 e. The molecule has 0 atom stereocenters. The van der Waals surface area contributed by atoms with Crippen LogP contribution >= 0.6 is 11.6 Å². The minimum absolute atomic E-state index is 0.0932. The van der Waals surface area contributed by atoms with Gasteiger partial charge in [-0.25, -0.2) is 14.8 Å². The van der Waals surface area contributed by atoms with Crippen LogP contribution in [-0.4, -0.2) is 68.1 Å². The molecule has 2 amide bonds. The third-order valence-electron chi connectivity index (χ3n) is 6.16. The Balaban J connectivity index is 1.21. The molecule has 0 spiro atoms. The van der Waals surface area contributed by atoms with Crippen LogP contribution in [0.1, 0.15) is 5.56 Å². The molecule has 0 bridgehead atoms. The molecule has 1 fully saturated rings. The van der Waals surface area contributed by atoms with Gasteiger partial charge in [-0.05, 0) is 48.9 Å². The topological polar surface area (TPSA) is 79.2 Å². The normalized spacial score (nSPS) is 14.5. The Morgan fingerprint density at radius 3 is 2.59 bits per heavy atom. The highest BCUT2D eigenvalue weighted by Crippen LogP contribution is 2.23. The Hall–Kier alpha value is -3.49. The quantitative estimate of drug-likeness (QED) is 0.465. The monoisotopic (exact) mass is 475 g/mol. The molecule has 1 saturated heterocycles. The summed E-state index contributed by atoms with van der Waals surface area (Å²) < 4.78 is 2.17. The first kappa shape index (κ1) is 22.3. The summed E-state index contributed by atoms with van der Waals surface area (Å²) >= 11 is 6.18. The molecular formula is C25H26ClN7O. The highest BCUT2D eigenvalue weighted by atomic mass is 35.5. The number of nitrogens with zero attached hydrogens (tertiary/aromatic N) is 6. The number of aromatic nitrogens is 4. The van der Waals surface area contributed by atoms with Crippen molar-refractivity contribution in [2.24, 2.45) is 0 Å². The Bertz CT molecular complexity index is 1300. The number of rotatable bonds is 5. The minimum Gasteiger partial charge on any atom is -0.322 e. The van der Waals surface area contributed by atoms with Gasteiger partial charge in [-0.15, -0.1) is 0 Å². The van der Waals surface area contributed by atoms with E-state index in [9.17, 15) is 4.79 Å². The second-order valence-electron chi connectivity index (χ2n) is 8.39. The van der Waals surface area contributed by atoms with Crippen LogP contribution in [0.4, 0.5) is 10.5 Å². The number of piperazine rings is 1. The van der Waals surface area contributed by atoms with Crippen LogP contribution in [0.5, 0.6) is 0 Å². The third kappa shape index (κ3) is 4.73. The number of urea groups is 1. The van der Waals surface area contributed by atoms with Gasteiger partial charge in [-0.3, -0.25) is 9.88 Å². The Labute approximate surface area is 203 Å². The maximum atomic E-state index is 12.7. The van der Waals surface area contributed by atoms with Crippen molar-refractivity contribution in [1.82, 2.24) is 29.3 Å². The van der Waals surface area contributed by atoms with Gasteiger partial charge in [0.2, 0.25) is 0 Å². The number of carbonyl (C=O) groups is 1. The molecule has 174 valence electrons. The van der Waals surface area contributed by atoms with Crippen molar-refractivity contribution in [2.45, 2.75) is 13.5 Å². The van der Waals surface area contributed by atoms with E-state index in [1.54, 1.807) is 24.7 Å². The number of amides is 2. The average molecular weight is 476 g/mol. The van der Waals surface area contributed by atoms with E-state index >= 15 is 0 Å². The fourth-order valence-corrected chi connectivity index (χ4v) is 4.36. The Kier molecular flexibility index (Phi) is 6.42. The molecule has 4 heterocycles. The van der Waals surface area contributed by atoms with Gasteiger partial charge < -0.3 is 14.8 Å². The summed E-state index contributed by atoms with van der Waals surface area (Å²) in [5.74, 6) is 0.894. The highest BCUT2D eigenvalue weighted by molar-refractivity contribution is 6.31. The summed E-state index contributed by atoms with van der Waals surface area (Å²) in [6.45, 7) is 6.52. The zero-order chi connectivity index (χ0) is 23.5. The van der Waals surface area contributed by atoms with E-state index in [1.165, 1.54) is 0 Å². The number of benzene rings is 1. The molecule has 0 saturated carbocycles. The molecule has 5 rings (SSSR count). The van der Waals surface area contributed by atoms with E-state index in [1.807, 2.05) is 48.2 Å². The molecule has 1 aliphatic rings. The number of aryl methyl sites for hydroxylation is 1. The van der Waals surface area contributed by atoms with Gasteiger partial charge in [0.05, 0.1) is 0 Å². The van der Waals surface area contributed by atoms with E-state index in [-0.39, 0.29) is 6.03 Å². The van der Waals surface area contributed by atoms with Gasteiger partial charge >= 0.3 is 6.03 Å². The lowest BCUT2D eigenvalue weighted by molar-refractivity contribution is 0.145. The second-order valence-corrected chi connectivity index (χ2v) is 8.80. The van der Waals surface area contributed by atoms with E-state index in [4.69, 9.17) is 16.6 Å². The third-order valence-corrected chi connectivity index (χ3v) is 6.57. The van der Waals surface area contributed by atoms with Crippen LogP contribution < -0.4 is 5.32 Å². The zero-order valence-electron chi connectivity index (χ0n) is 19.0. The Morgan fingerprint density at radius 2 is 1.82 bits per heavy atom. The van der Waals surface area contributed by atoms with Crippen molar-refractivity contribution in [2.75, 3.05) is 38.0 Å². The van der Waals surface area contributed by atoms with Crippen molar-refractivity contribution >= 4 is 34.5 Å². The first-order chi connectivity index (χ1) is 16.6. The molecule has 3 aromatic heterocycles. The van der Waals surface area contributed by atoms with Crippen molar-refractivity contribution in [3.05, 3.63) is 71.6 Å². The molecule has 34 heavy (non-hydrogen) atoms. The molecule has 1 N–H and O–H groups in total. The van der Waals surface area contributed by atoms with Gasteiger partial charge in [0.15, 0.2) is 5.65 Å². The van der Waals surface area contributed by atoms with Crippen LogP contribution in [-0.2, 0) is 6.54 Å². The number of imidazole rings is 1. The fourth-order valence-electron chi connectivity index (χ4n) is 4.18. The van der Waals surface area contributed by atoms with Crippen molar-refractivity contribution < 1.29 is 4.79 Å². The van der Waals surface area contributed by atoms with E-state index in [2.05, 4.69) is 24.8 Å². The van der Waals surface area contributed by atoms with Crippen LogP contribution in [0.15, 0.2) is 61.1 Å². The van der Waals surface area contributed by atoms with Gasteiger partial charge in [0, 0.05) is 74.1 Å². The molecule has 0 radical (unpaired) electrons. The van der Waals surface area contributed by atoms with Crippen LogP contribution in [0.2, 0.25) is 5.02 Å². The highest BCUT2D eigenvalue weighted by Gasteiger charge is 2.22. The lowest BCUT2D eigenvalue weighted by Crippen LogP contribution is -2.50. The van der Waals surface area contributed by atoms with E-state index < -0.39 is 0 Å². The standard InChI is InChI=1S/C25H26ClN7O/c1-18-4-5-20(17-21(18)26)29-25(34)32-14-11-31(12-15-32)13-16-33-23(19-6-9-27-10-7-19)30-22-3-2-8-28-24(22)33/h2-10,17H,11-16H2,1H3,(H,29,34). The van der Waals surface area contributed by atoms with E-state index in [0.717, 1.165) is 54.3 Å². The molecule has 9 heteroatoms. The van der Waals surface area contributed by atoms with E-state index in [0.29, 0.717) is 23.8 Å². The number of pyridine rings is 2. The van der Waals surface area contributed by atoms with Crippen molar-refractivity contribution in [1.29, 1.82) is 0 Å². The molecule has 1 aromatic carbocycles. The van der Waals surface area contributed by atoms with Crippen molar-refractivity contribution in [3.63, 3.8) is 0 Å². The van der Waals surface area contributed by atoms with Crippen LogP contribution in [0.3, 0.4) is 0 Å². The van der Waals surface area contributed by atoms with Gasteiger partial charge in [0.1, 0.15) is 11.3 Å². The van der Waals surface area contributed by atoms with Crippen LogP contribution in [0, 0.1) is 6.92 Å². The summed E-state index contributed by atoms with van der Waals surface area (Å²) in [4.78, 5) is 30.4. The lowest BCUT2D eigenvalue weighted by Gasteiger charge is -2.34. The van der Waals surface area contributed by atoms with Gasteiger partial charge in [-0.1, -0.05) is 17.7 Å². The molecular weight excluding hydrogens is 450 g/mol. The Morgan fingerprint density at radius 1 is 1.03 bits per heavy atom.